The van der Waals surface area contributed by atoms with Crippen LogP contribution in [-0.4, -0.2) is 13.0 Å². The van der Waals surface area contributed by atoms with Crippen molar-refractivity contribution in [3.8, 4) is 0 Å². The van der Waals surface area contributed by atoms with Gasteiger partial charge in [-0.15, -0.1) is 0 Å². The van der Waals surface area contributed by atoms with Crippen LogP contribution in [-0.2, 0) is 10.1 Å². The molecule has 0 aliphatic carbocycles. The molecule has 0 aliphatic heterocycles. The first-order valence-corrected chi connectivity index (χ1v) is 7.03. The Morgan fingerprint density at radius 2 is 2.00 bits per heavy atom. The number of hydrogen-bond donors (Lipinski definition) is 1. The number of hydrogen-bond acceptors (Lipinski definition) is 2. The average Bonchev–Trinajstić information content (AvgIpc) is 2.13. The summed E-state index contributed by atoms with van der Waals surface area (Å²) in [6.07, 6.45) is 0.948. The lowest BCUT2D eigenvalue weighted by Gasteiger charge is -2.14. The molecular formula is C10H12Cl2O3S. The maximum absolute atomic E-state index is 11.2. The van der Waals surface area contributed by atoms with E-state index in [2.05, 4.69) is 0 Å². The summed E-state index contributed by atoms with van der Waals surface area (Å²) in [6.45, 7) is 1.84. The van der Waals surface area contributed by atoms with Gasteiger partial charge in [0.2, 0.25) is 0 Å². The third-order valence-electron chi connectivity index (χ3n) is 2.22. The molecule has 6 heteroatoms. The van der Waals surface area contributed by atoms with Gasteiger partial charge in [0.1, 0.15) is 5.25 Å². The van der Waals surface area contributed by atoms with Crippen LogP contribution in [0.3, 0.4) is 0 Å². The van der Waals surface area contributed by atoms with E-state index < -0.39 is 15.4 Å². The van der Waals surface area contributed by atoms with Gasteiger partial charge in [0, 0.05) is 10.0 Å². The van der Waals surface area contributed by atoms with E-state index in [9.17, 15) is 8.42 Å². The molecule has 0 aliphatic rings. The molecular weight excluding hydrogens is 271 g/mol. The maximum atomic E-state index is 11.2. The van der Waals surface area contributed by atoms with Crippen LogP contribution in [0, 0.1) is 0 Å². The summed E-state index contributed by atoms with van der Waals surface area (Å²) in [5.41, 5.74) is 0.385. The van der Waals surface area contributed by atoms with Gasteiger partial charge >= 0.3 is 0 Å². The molecule has 1 rings (SSSR count). The van der Waals surface area contributed by atoms with Gasteiger partial charge in [-0.05, 0) is 24.1 Å². The molecule has 1 unspecified atom stereocenters. The standard InChI is InChI=1S/C10H12Cl2O3S/c1-2-3-10(16(13,14)15)8-5-4-7(11)6-9(8)12/h4-6,10H,2-3H2,1H3,(H,13,14,15). The molecule has 0 aromatic heterocycles. The zero-order chi connectivity index (χ0) is 12.3. The molecule has 0 bridgehead atoms. The first-order chi connectivity index (χ1) is 7.36. The van der Waals surface area contributed by atoms with Crippen LogP contribution in [0.5, 0.6) is 0 Å². The van der Waals surface area contributed by atoms with Crippen LogP contribution in [0.1, 0.15) is 30.6 Å². The van der Waals surface area contributed by atoms with Crippen LogP contribution >= 0.6 is 23.2 Å². The van der Waals surface area contributed by atoms with E-state index in [1.807, 2.05) is 6.92 Å². The summed E-state index contributed by atoms with van der Waals surface area (Å²) in [5.74, 6) is 0. The average molecular weight is 283 g/mol. The summed E-state index contributed by atoms with van der Waals surface area (Å²) in [7, 11) is -4.14. The van der Waals surface area contributed by atoms with Crippen molar-refractivity contribution in [2.45, 2.75) is 25.0 Å². The highest BCUT2D eigenvalue weighted by molar-refractivity contribution is 7.86. The van der Waals surface area contributed by atoms with Crippen LogP contribution in [0.2, 0.25) is 10.0 Å². The largest absolute Gasteiger partial charge is 0.285 e. The normalized spacial score (nSPS) is 13.8. The van der Waals surface area contributed by atoms with E-state index in [0.29, 0.717) is 23.4 Å². The SMILES string of the molecule is CCCC(c1ccc(Cl)cc1Cl)S(=O)(=O)O. The van der Waals surface area contributed by atoms with Crippen LogP contribution in [0.4, 0.5) is 0 Å². The van der Waals surface area contributed by atoms with E-state index in [1.54, 1.807) is 6.07 Å². The zero-order valence-corrected chi connectivity index (χ0v) is 11.0. The molecule has 1 N–H and O–H groups in total. The molecule has 0 radical (unpaired) electrons. The number of rotatable bonds is 4. The van der Waals surface area contributed by atoms with Gasteiger partial charge in [0.25, 0.3) is 10.1 Å². The van der Waals surface area contributed by atoms with Crippen molar-refractivity contribution in [3.05, 3.63) is 33.8 Å². The fourth-order valence-corrected chi connectivity index (χ4v) is 3.15. The molecule has 0 heterocycles. The van der Waals surface area contributed by atoms with Crippen molar-refractivity contribution in [1.82, 2.24) is 0 Å². The Labute approximate surface area is 105 Å². The molecule has 1 aromatic rings. The Morgan fingerprint density at radius 3 is 2.44 bits per heavy atom. The minimum Gasteiger partial charge on any atom is -0.285 e. The van der Waals surface area contributed by atoms with Crippen molar-refractivity contribution in [2.24, 2.45) is 0 Å². The van der Waals surface area contributed by atoms with Gasteiger partial charge in [0.15, 0.2) is 0 Å². The van der Waals surface area contributed by atoms with Crippen molar-refractivity contribution >= 4 is 33.3 Å². The molecule has 16 heavy (non-hydrogen) atoms. The number of halogens is 2. The summed E-state index contributed by atoms with van der Waals surface area (Å²) >= 11 is 11.6. The molecule has 1 aromatic carbocycles. The van der Waals surface area contributed by atoms with Gasteiger partial charge in [-0.2, -0.15) is 8.42 Å². The second kappa shape index (κ2) is 5.36. The highest BCUT2D eigenvalue weighted by atomic mass is 35.5. The predicted molar refractivity (Wildman–Crippen MR) is 65.7 cm³/mol. The van der Waals surface area contributed by atoms with Crippen molar-refractivity contribution in [3.63, 3.8) is 0 Å². The monoisotopic (exact) mass is 282 g/mol. The van der Waals surface area contributed by atoms with E-state index in [0.717, 1.165) is 0 Å². The molecule has 0 saturated carbocycles. The Balaban J connectivity index is 3.22. The van der Waals surface area contributed by atoms with Crippen molar-refractivity contribution < 1.29 is 13.0 Å². The molecule has 1 atom stereocenters. The second-order valence-electron chi connectivity index (χ2n) is 3.46. The highest BCUT2D eigenvalue weighted by Crippen LogP contribution is 2.33. The predicted octanol–water partition coefficient (Wildman–Crippen LogP) is 3.72. The van der Waals surface area contributed by atoms with E-state index in [-0.39, 0.29) is 5.02 Å². The van der Waals surface area contributed by atoms with Gasteiger partial charge in [-0.1, -0.05) is 42.6 Å². The Hall–Kier alpha value is -0.290. The van der Waals surface area contributed by atoms with E-state index in [1.165, 1.54) is 12.1 Å². The fraction of sp³-hybridized carbons (Fsp3) is 0.400. The van der Waals surface area contributed by atoms with Crippen LogP contribution < -0.4 is 0 Å². The lowest BCUT2D eigenvalue weighted by molar-refractivity contribution is 0.463. The maximum Gasteiger partial charge on any atom is 0.272 e. The first kappa shape index (κ1) is 13.8. The van der Waals surface area contributed by atoms with Crippen LogP contribution in [0.25, 0.3) is 0 Å². The molecule has 90 valence electrons. The molecule has 3 nitrogen and oxygen atoms in total. The van der Waals surface area contributed by atoms with Gasteiger partial charge in [0.05, 0.1) is 0 Å². The highest BCUT2D eigenvalue weighted by Gasteiger charge is 2.26. The van der Waals surface area contributed by atoms with Gasteiger partial charge in [-0.25, -0.2) is 0 Å². The van der Waals surface area contributed by atoms with Gasteiger partial charge < -0.3 is 0 Å². The molecule has 0 saturated heterocycles. The molecule has 0 amide bonds. The lowest BCUT2D eigenvalue weighted by atomic mass is 10.1. The van der Waals surface area contributed by atoms with Crippen molar-refractivity contribution in [2.75, 3.05) is 0 Å². The van der Waals surface area contributed by atoms with E-state index >= 15 is 0 Å². The third-order valence-corrected chi connectivity index (χ3v) is 3.99. The Kier molecular flexibility index (Phi) is 4.62. The minimum absolute atomic E-state index is 0.253. The van der Waals surface area contributed by atoms with Crippen LogP contribution in [0.15, 0.2) is 18.2 Å². The summed E-state index contributed by atoms with van der Waals surface area (Å²) in [6, 6.07) is 4.54. The quantitative estimate of drug-likeness (QED) is 0.857. The summed E-state index contributed by atoms with van der Waals surface area (Å²) in [4.78, 5) is 0. The third kappa shape index (κ3) is 3.35. The van der Waals surface area contributed by atoms with Crippen molar-refractivity contribution in [1.29, 1.82) is 0 Å². The summed E-state index contributed by atoms with van der Waals surface area (Å²) in [5, 5.41) is -0.301. The first-order valence-electron chi connectivity index (χ1n) is 4.77. The second-order valence-corrected chi connectivity index (χ2v) is 5.90. The van der Waals surface area contributed by atoms with Gasteiger partial charge in [-0.3, -0.25) is 4.55 Å². The lowest BCUT2D eigenvalue weighted by Crippen LogP contribution is -2.12. The smallest absolute Gasteiger partial charge is 0.272 e. The molecule has 0 fully saturated rings. The fourth-order valence-electron chi connectivity index (χ4n) is 1.49. The molecule has 0 spiro atoms. The minimum atomic E-state index is -4.14. The topological polar surface area (TPSA) is 54.4 Å². The van der Waals surface area contributed by atoms with E-state index in [4.69, 9.17) is 27.8 Å². The Bertz CT molecular complexity index is 471. The summed E-state index contributed by atoms with van der Waals surface area (Å²) < 4.78 is 31.6. The Morgan fingerprint density at radius 1 is 1.38 bits per heavy atom. The number of benzene rings is 1. The zero-order valence-electron chi connectivity index (χ0n) is 8.65.